The zero-order valence-electron chi connectivity index (χ0n) is 20.7. The van der Waals surface area contributed by atoms with Crippen LogP contribution in [0.15, 0.2) is 60.3 Å². The zero-order valence-corrected chi connectivity index (χ0v) is 20.7. The fourth-order valence-electron chi connectivity index (χ4n) is 4.99. The summed E-state index contributed by atoms with van der Waals surface area (Å²) in [5, 5.41) is 3.64. The third-order valence-electron chi connectivity index (χ3n) is 6.98. The summed E-state index contributed by atoms with van der Waals surface area (Å²) in [4.78, 5) is 42.0. The van der Waals surface area contributed by atoms with Crippen molar-refractivity contribution in [2.45, 2.75) is 38.8 Å². The van der Waals surface area contributed by atoms with E-state index < -0.39 is 0 Å². The molecular formula is C26H28N10O. The molecule has 0 unspecified atom stereocenters. The van der Waals surface area contributed by atoms with Crippen molar-refractivity contribution >= 4 is 22.8 Å². The van der Waals surface area contributed by atoms with Crippen molar-refractivity contribution in [3.05, 3.63) is 82.8 Å². The molecule has 0 atom stereocenters. The minimum absolute atomic E-state index is 0.0322. The number of nitrogens with one attached hydrogen (secondary N) is 1. The lowest BCUT2D eigenvalue weighted by atomic mass is 10.0. The molecule has 0 aromatic carbocycles. The van der Waals surface area contributed by atoms with Crippen LogP contribution in [0.3, 0.4) is 0 Å². The van der Waals surface area contributed by atoms with Gasteiger partial charge in [0.25, 0.3) is 5.56 Å². The van der Waals surface area contributed by atoms with Crippen molar-refractivity contribution in [2.75, 3.05) is 25.0 Å². The lowest BCUT2D eigenvalue weighted by Crippen LogP contribution is -2.41. The molecule has 1 saturated heterocycles. The number of likely N-dealkylation sites (tertiary alicyclic amines) is 1. The number of pyridine rings is 1. The normalized spacial score (nSPS) is 14.9. The van der Waals surface area contributed by atoms with Crippen LogP contribution in [0.5, 0.6) is 0 Å². The van der Waals surface area contributed by atoms with Crippen LogP contribution in [0.2, 0.25) is 0 Å². The maximum absolute atomic E-state index is 13.0. The van der Waals surface area contributed by atoms with Gasteiger partial charge in [-0.3, -0.25) is 23.7 Å². The number of rotatable bonds is 7. The number of hydrogen-bond acceptors (Lipinski definition) is 9. The van der Waals surface area contributed by atoms with E-state index in [9.17, 15) is 4.79 Å². The van der Waals surface area contributed by atoms with Crippen molar-refractivity contribution in [3.63, 3.8) is 0 Å². The Labute approximate surface area is 213 Å². The molecule has 5 aromatic rings. The number of piperidine rings is 1. The maximum atomic E-state index is 13.0. The second-order valence-corrected chi connectivity index (χ2v) is 9.37. The Hall–Kier alpha value is -4.25. The molecule has 1 aliphatic heterocycles. The van der Waals surface area contributed by atoms with Gasteiger partial charge in [0.2, 0.25) is 5.95 Å². The van der Waals surface area contributed by atoms with Crippen LogP contribution < -0.4 is 10.9 Å². The molecule has 0 bridgehead atoms. The molecule has 0 radical (unpaired) electrons. The summed E-state index contributed by atoms with van der Waals surface area (Å²) in [6.07, 6.45) is 12.8. The van der Waals surface area contributed by atoms with Gasteiger partial charge in [-0.1, -0.05) is 6.07 Å². The predicted octanol–water partition coefficient (Wildman–Crippen LogP) is 2.10. The van der Waals surface area contributed by atoms with Crippen molar-refractivity contribution in [1.29, 1.82) is 0 Å². The minimum Gasteiger partial charge on any atom is -0.353 e. The molecule has 1 N–H and O–H groups in total. The van der Waals surface area contributed by atoms with Crippen LogP contribution in [-0.4, -0.2) is 69.4 Å². The predicted molar refractivity (Wildman–Crippen MR) is 139 cm³/mol. The highest BCUT2D eigenvalue weighted by Crippen LogP contribution is 2.22. The molecule has 0 saturated carbocycles. The second-order valence-electron chi connectivity index (χ2n) is 9.37. The van der Waals surface area contributed by atoms with Crippen LogP contribution in [0, 0.1) is 6.92 Å². The van der Waals surface area contributed by atoms with Gasteiger partial charge in [0.1, 0.15) is 17.5 Å². The largest absolute Gasteiger partial charge is 0.353 e. The van der Waals surface area contributed by atoms with Gasteiger partial charge in [0, 0.05) is 55.5 Å². The Kier molecular flexibility index (Phi) is 6.27. The molecule has 6 rings (SSSR count). The van der Waals surface area contributed by atoms with Gasteiger partial charge in [-0.2, -0.15) is 0 Å². The molecule has 37 heavy (non-hydrogen) atoms. The first-order chi connectivity index (χ1) is 18.2. The third kappa shape index (κ3) is 4.77. The van der Waals surface area contributed by atoms with Crippen LogP contribution in [0.1, 0.15) is 29.8 Å². The van der Waals surface area contributed by atoms with E-state index in [1.807, 2.05) is 29.7 Å². The smallest absolute Gasteiger partial charge is 0.261 e. The fraction of sp³-hybridized carbons (Fsp3) is 0.346. The number of nitrogens with zero attached hydrogens (tertiary/aromatic N) is 9. The van der Waals surface area contributed by atoms with Gasteiger partial charge in [0.05, 0.1) is 24.6 Å². The molecule has 0 amide bonds. The Morgan fingerprint density at radius 3 is 2.78 bits per heavy atom. The Bertz CT molecular complexity index is 1590. The van der Waals surface area contributed by atoms with Gasteiger partial charge < -0.3 is 10.2 Å². The quantitative estimate of drug-likeness (QED) is 0.361. The van der Waals surface area contributed by atoms with E-state index in [2.05, 4.69) is 35.1 Å². The van der Waals surface area contributed by atoms with E-state index in [1.165, 1.54) is 6.33 Å². The van der Waals surface area contributed by atoms with E-state index in [1.54, 1.807) is 35.4 Å². The topological polar surface area (TPSA) is 119 Å². The molecule has 1 fully saturated rings. The summed E-state index contributed by atoms with van der Waals surface area (Å²) >= 11 is 0. The molecular weight excluding hydrogens is 468 g/mol. The summed E-state index contributed by atoms with van der Waals surface area (Å²) in [6, 6.07) is 5.92. The average Bonchev–Trinajstić information content (AvgIpc) is 3.26. The first kappa shape index (κ1) is 23.2. The minimum atomic E-state index is 0.0322. The molecule has 11 heteroatoms. The van der Waals surface area contributed by atoms with E-state index in [-0.39, 0.29) is 11.6 Å². The number of anilines is 1. The maximum Gasteiger partial charge on any atom is 0.261 e. The lowest BCUT2D eigenvalue weighted by Gasteiger charge is -2.32. The summed E-state index contributed by atoms with van der Waals surface area (Å²) in [5.74, 6) is 0.769. The Balaban J connectivity index is 1.11. The number of fused-ring (bicyclic) bond motifs is 2. The number of aromatic nitrogens is 8. The summed E-state index contributed by atoms with van der Waals surface area (Å²) < 4.78 is 3.67. The van der Waals surface area contributed by atoms with Gasteiger partial charge >= 0.3 is 0 Å². The van der Waals surface area contributed by atoms with E-state index in [0.717, 1.165) is 66.5 Å². The van der Waals surface area contributed by atoms with Gasteiger partial charge in [-0.25, -0.2) is 19.9 Å². The Morgan fingerprint density at radius 2 is 1.95 bits per heavy atom. The molecule has 11 nitrogen and oxygen atoms in total. The summed E-state index contributed by atoms with van der Waals surface area (Å²) in [6.45, 7) is 5.19. The average molecular weight is 497 g/mol. The molecule has 0 aliphatic carbocycles. The molecule has 1 aliphatic rings. The molecule has 5 aromatic heterocycles. The first-order valence-corrected chi connectivity index (χ1v) is 12.5. The first-order valence-electron chi connectivity index (χ1n) is 12.5. The monoisotopic (exact) mass is 496 g/mol. The van der Waals surface area contributed by atoms with E-state index in [0.29, 0.717) is 18.6 Å². The van der Waals surface area contributed by atoms with Crippen LogP contribution in [-0.2, 0) is 13.0 Å². The second kappa shape index (κ2) is 10.0. The third-order valence-corrected chi connectivity index (χ3v) is 6.98. The van der Waals surface area contributed by atoms with Crippen molar-refractivity contribution in [1.82, 2.24) is 43.8 Å². The number of hydrogen-bond donors (Lipinski definition) is 1. The fourth-order valence-corrected chi connectivity index (χ4v) is 4.99. The number of aryl methyl sites for hydroxylation is 1. The highest BCUT2D eigenvalue weighted by Gasteiger charge is 2.22. The van der Waals surface area contributed by atoms with Crippen molar-refractivity contribution in [3.8, 4) is 0 Å². The lowest BCUT2D eigenvalue weighted by molar-refractivity contribution is 0.220. The van der Waals surface area contributed by atoms with Gasteiger partial charge in [0.15, 0.2) is 5.65 Å². The van der Waals surface area contributed by atoms with Crippen molar-refractivity contribution in [2.24, 2.45) is 0 Å². The van der Waals surface area contributed by atoms with Crippen molar-refractivity contribution < 1.29 is 0 Å². The Morgan fingerprint density at radius 1 is 1.05 bits per heavy atom. The highest BCUT2D eigenvalue weighted by molar-refractivity contribution is 5.73. The summed E-state index contributed by atoms with van der Waals surface area (Å²) in [5.41, 5.74) is 4.69. The summed E-state index contributed by atoms with van der Waals surface area (Å²) in [7, 11) is 0. The van der Waals surface area contributed by atoms with Gasteiger partial charge in [-0.05, 0) is 38.3 Å². The molecule has 6 heterocycles. The SMILES string of the molecule is Cc1nc2ccccn2c(=O)c1CCN1CCC(Nc2nc3cncnc3n2Cc2cnccn2)CC1. The van der Waals surface area contributed by atoms with E-state index in [4.69, 9.17) is 4.98 Å². The highest BCUT2D eigenvalue weighted by atomic mass is 16.1. The molecule has 188 valence electrons. The van der Waals surface area contributed by atoms with Crippen LogP contribution in [0.25, 0.3) is 16.8 Å². The van der Waals surface area contributed by atoms with E-state index >= 15 is 0 Å². The van der Waals surface area contributed by atoms with Gasteiger partial charge in [-0.15, -0.1) is 0 Å². The number of imidazole rings is 1. The van der Waals surface area contributed by atoms with Crippen LogP contribution in [0.4, 0.5) is 5.95 Å². The van der Waals surface area contributed by atoms with Crippen LogP contribution >= 0.6 is 0 Å². The molecule has 0 spiro atoms. The standard InChI is InChI=1S/C26H28N10O/c1-18-21(25(37)35-10-3-2-4-23(35)31-18)7-13-34-11-5-19(6-12-34)32-26-33-22-15-28-17-30-24(22)36(26)16-20-14-27-8-9-29-20/h2-4,8-10,14-15,17,19H,5-7,11-13,16H2,1H3,(H,32,33). The zero-order chi connectivity index (χ0) is 25.2.